The molecular weight excluding hydrogens is 218 g/mol. The van der Waals surface area contributed by atoms with Crippen molar-refractivity contribution in [3.8, 4) is 0 Å². The quantitative estimate of drug-likeness (QED) is 0.797. The van der Waals surface area contributed by atoms with Gasteiger partial charge in [-0.05, 0) is 31.9 Å². The minimum Gasteiger partial charge on any atom is -0.362 e. The number of halogens is 1. The van der Waals surface area contributed by atoms with Crippen molar-refractivity contribution in [1.29, 1.82) is 0 Å². The van der Waals surface area contributed by atoms with Crippen molar-refractivity contribution in [2.24, 2.45) is 0 Å². The van der Waals surface area contributed by atoms with Crippen LogP contribution in [0.1, 0.15) is 32.6 Å². The van der Waals surface area contributed by atoms with Crippen LogP contribution < -0.4 is 5.32 Å². The van der Waals surface area contributed by atoms with E-state index < -0.39 is 0 Å². The first-order chi connectivity index (χ1) is 6.34. The van der Waals surface area contributed by atoms with Crippen LogP contribution in [0.25, 0.3) is 0 Å². The second-order valence-corrected chi connectivity index (χ2v) is 5.52. The zero-order valence-corrected chi connectivity index (χ0v) is 10.3. The van der Waals surface area contributed by atoms with Crippen molar-refractivity contribution in [3.63, 3.8) is 0 Å². The van der Waals surface area contributed by atoms with E-state index in [1.807, 2.05) is 0 Å². The van der Waals surface area contributed by atoms with Crippen molar-refractivity contribution < 1.29 is 4.74 Å². The van der Waals surface area contributed by atoms with Crippen LogP contribution in [0.4, 0.5) is 0 Å². The number of thioether (sulfide) groups is 1. The normalized spacial score (nSPS) is 37.9. The highest BCUT2D eigenvalue weighted by atomic mass is 35.5. The number of rotatable bonds is 2. The summed E-state index contributed by atoms with van der Waals surface area (Å²) < 4.78 is 5.64. The Hall–Kier alpha value is 0.560. The fourth-order valence-electron chi connectivity index (χ4n) is 2.04. The SMILES string of the molecule is CC1COC(CC2CCCCS2)N1.Cl. The van der Waals surface area contributed by atoms with Crippen molar-refractivity contribution in [3.05, 3.63) is 0 Å². The molecule has 0 aliphatic carbocycles. The lowest BCUT2D eigenvalue weighted by Crippen LogP contribution is -2.31. The van der Waals surface area contributed by atoms with Gasteiger partial charge in [-0.1, -0.05) is 6.42 Å². The third kappa shape index (κ3) is 3.61. The van der Waals surface area contributed by atoms with E-state index in [2.05, 4.69) is 24.0 Å². The highest BCUT2D eigenvalue weighted by Crippen LogP contribution is 2.29. The van der Waals surface area contributed by atoms with Crippen LogP contribution in [-0.2, 0) is 4.74 Å². The molecule has 0 radical (unpaired) electrons. The molecule has 0 aromatic rings. The molecule has 2 aliphatic heterocycles. The van der Waals surface area contributed by atoms with Gasteiger partial charge in [-0.2, -0.15) is 11.8 Å². The molecule has 0 saturated carbocycles. The first-order valence-electron chi connectivity index (χ1n) is 5.34. The summed E-state index contributed by atoms with van der Waals surface area (Å²) in [5.74, 6) is 1.35. The summed E-state index contributed by atoms with van der Waals surface area (Å²) in [4.78, 5) is 0. The zero-order valence-electron chi connectivity index (χ0n) is 8.70. The summed E-state index contributed by atoms with van der Waals surface area (Å²) in [5, 5.41) is 4.31. The number of hydrogen-bond acceptors (Lipinski definition) is 3. The predicted octanol–water partition coefficient (Wildman–Crippen LogP) is 2.42. The maximum Gasteiger partial charge on any atom is 0.109 e. The number of hydrogen-bond donors (Lipinski definition) is 1. The van der Waals surface area contributed by atoms with E-state index in [-0.39, 0.29) is 12.4 Å². The Morgan fingerprint density at radius 2 is 2.29 bits per heavy atom. The molecule has 2 rings (SSSR count). The monoisotopic (exact) mass is 237 g/mol. The van der Waals surface area contributed by atoms with Crippen LogP contribution in [0, 0.1) is 0 Å². The molecule has 0 aromatic heterocycles. The summed E-state index contributed by atoms with van der Waals surface area (Å²) in [6.45, 7) is 3.08. The smallest absolute Gasteiger partial charge is 0.109 e. The molecular formula is C10H20ClNOS. The first-order valence-corrected chi connectivity index (χ1v) is 6.39. The van der Waals surface area contributed by atoms with Gasteiger partial charge < -0.3 is 4.74 Å². The largest absolute Gasteiger partial charge is 0.362 e. The minimum absolute atomic E-state index is 0. The van der Waals surface area contributed by atoms with E-state index in [9.17, 15) is 0 Å². The Labute approximate surface area is 97.0 Å². The zero-order chi connectivity index (χ0) is 9.10. The molecule has 2 nitrogen and oxygen atoms in total. The van der Waals surface area contributed by atoms with Crippen molar-refractivity contribution in [2.75, 3.05) is 12.4 Å². The Bertz CT molecular complexity index is 161. The molecule has 2 fully saturated rings. The van der Waals surface area contributed by atoms with Gasteiger partial charge >= 0.3 is 0 Å². The molecule has 14 heavy (non-hydrogen) atoms. The molecule has 0 aromatic carbocycles. The molecule has 0 amide bonds. The lowest BCUT2D eigenvalue weighted by molar-refractivity contribution is 0.0922. The Morgan fingerprint density at radius 1 is 1.43 bits per heavy atom. The van der Waals surface area contributed by atoms with Crippen molar-refractivity contribution >= 4 is 24.2 Å². The molecule has 4 heteroatoms. The summed E-state index contributed by atoms with van der Waals surface area (Å²) >= 11 is 2.13. The number of ether oxygens (including phenoxy) is 1. The first kappa shape index (κ1) is 12.6. The number of nitrogens with one attached hydrogen (secondary N) is 1. The van der Waals surface area contributed by atoms with Gasteiger partial charge in [-0.25, -0.2) is 0 Å². The molecule has 3 atom stereocenters. The Balaban J connectivity index is 0.000000980. The Kier molecular flexibility index (Phi) is 5.60. The molecule has 0 spiro atoms. The highest BCUT2D eigenvalue weighted by molar-refractivity contribution is 7.99. The van der Waals surface area contributed by atoms with Crippen LogP contribution in [0.15, 0.2) is 0 Å². The maximum atomic E-state index is 5.64. The van der Waals surface area contributed by atoms with Crippen LogP contribution in [-0.4, -0.2) is 29.9 Å². The van der Waals surface area contributed by atoms with Crippen LogP contribution >= 0.6 is 24.2 Å². The van der Waals surface area contributed by atoms with Gasteiger partial charge in [0.2, 0.25) is 0 Å². The lowest BCUT2D eigenvalue weighted by Gasteiger charge is -2.23. The van der Waals surface area contributed by atoms with Gasteiger partial charge in [-0.3, -0.25) is 5.32 Å². The maximum absolute atomic E-state index is 5.64. The highest BCUT2D eigenvalue weighted by Gasteiger charge is 2.25. The standard InChI is InChI=1S/C10H19NOS.ClH/c1-8-7-12-10(11-8)6-9-4-2-3-5-13-9;/h8-11H,2-7H2,1H3;1H. The lowest BCUT2D eigenvalue weighted by atomic mass is 10.1. The molecule has 0 bridgehead atoms. The molecule has 1 N–H and O–H groups in total. The van der Waals surface area contributed by atoms with Crippen LogP contribution in [0.3, 0.4) is 0 Å². The summed E-state index contributed by atoms with van der Waals surface area (Å²) in [5.41, 5.74) is 0. The van der Waals surface area contributed by atoms with Gasteiger partial charge in [0, 0.05) is 11.3 Å². The molecule has 84 valence electrons. The van der Waals surface area contributed by atoms with Gasteiger partial charge in [0.05, 0.1) is 6.61 Å². The topological polar surface area (TPSA) is 21.3 Å². The van der Waals surface area contributed by atoms with Crippen LogP contribution in [0.5, 0.6) is 0 Å². The van der Waals surface area contributed by atoms with E-state index >= 15 is 0 Å². The van der Waals surface area contributed by atoms with E-state index in [4.69, 9.17) is 4.74 Å². The summed E-state index contributed by atoms with van der Waals surface area (Å²) in [7, 11) is 0. The van der Waals surface area contributed by atoms with Crippen LogP contribution in [0.2, 0.25) is 0 Å². The fraction of sp³-hybridized carbons (Fsp3) is 1.00. The molecule has 3 unspecified atom stereocenters. The predicted molar refractivity (Wildman–Crippen MR) is 64.3 cm³/mol. The van der Waals surface area contributed by atoms with Gasteiger partial charge in [0.1, 0.15) is 6.23 Å². The van der Waals surface area contributed by atoms with Crippen molar-refractivity contribution in [1.82, 2.24) is 5.32 Å². The third-order valence-corrected chi connectivity index (χ3v) is 4.19. The second kappa shape index (κ2) is 6.21. The molecule has 2 aliphatic rings. The van der Waals surface area contributed by atoms with E-state index in [1.54, 1.807) is 0 Å². The average Bonchev–Trinajstić information content (AvgIpc) is 2.53. The van der Waals surface area contributed by atoms with Gasteiger partial charge in [0.25, 0.3) is 0 Å². The average molecular weight is 238 g/mol. The molecule has 2 saturated heterocycles. The second-order valence-electron chi connectivity index (χ2n) is 4.11. The van der Waals surface area contributed by atoms with E-state index in [0.717, 1.165) is 11.9 Å². The minimum atomic E-state index is 0. The van der Waals surface area contributed by atoms with E-state index in [1.165, 1.54) is 31.4 Å². The summed E-state index contributed by atoms with van der Waals surface area (Å²) in [6.07, 6.45) is 5.76. The van der Waals surface area contributed by atoms with E-state index in [0.29, 0.717) is 12.3 Å². The van der Waals surface area contributed by atoms with Gasteiger partial charge in [-0.15, -0.1) is 12.4 Å². The molecule has 2 heterocycles. The third-order valence-electron chi connectivity index (χ3n) is 2.77. The fourth-order valence-corrected chi connectivity index (χ4v) is 3.39. The van der Waals surface area contributed by atoms with Crippen molar-refractivity contribution in [2.45, 2.75) is 50.1 Å². The summed E-state index contributed by atoms with van der Waals surface area (Å²) in [6, 6.07) is 0.554. The van der Waals surface area contributed by atoms with Gasteiger partial charge in [0.15, 0.2) is 0 Å². The Morgan fingerprint density at radius 3 is 2.86 bits per heavy atom.